The number of nitrogens with one attached hydrogen (secondary N) is 1. The van der Waals surface area contributed by atoms with Crippen molar-refractivity contribution < 1.29 is 14.5 Å². The number of rotatable bonds is 7. The number of amides is 1. The second kappa shape index (κ2) is 8.63. The van der Waals surface area contributed by atoms with Gasteiger partial charge >= 0.3 is 0 Å². The van der Waals surface area contributed by atoms with Crippen LogP contribution in [0.2, 0.25) is 0 Å². The van der Waals surface area contributed by atoms with Gasteiger partial charge in [-0.2, -0.15) is 0 Å². The second-order valence-corrected chi connectivity index (χ2v) is 5.86. The number of nitrogens with zero attached hydrogens (tertiary/aromatic N) is 2. The zero-order chi connectivity index (χ0) is 17.5. The Balaban J connectivity index is 2.10. The van der Waals surface area contributed by atoms with Crippen molar-refractivity contribution in [1.82, 2.24) is 10.2 Å². The van der Waals surface area contributed by atoms with Crippen molar-refractivity contribution in [3.05, 3.63) is 33.9 Å². The van der Waals surface area contributed by atoms with Gasteiger partial charge in [-0.3, -0.25) is 19.8 Å². The zero-order valence-electron chi connectivity index (χ0n) is 14.3. The summed E-state index contributed by atoms with van der Waals surface area (Å²) in [7, 11) is 0. The number of piperidine rings is 1. The minimum atomic E-state index is -0.538. The summed E-state index contributed by atoms with van der Waals surface area (Å²) in [6.07, 6.45) is 3.37. The second-order valence-electron chi connectivity index (χ2n) is 5.86. The molecule has 7 heteroatoms. The summed E-state index contributed by atoms with van der Waals surface area (Å²) in [5.41, 5.74) is -0.156. The summed E-state index contributed by atoms with van der Waals surface area (Å²) < 4.78 is 5.35. The molecule has 0 unspecified atom stereocenters. The van der Waals surface area contributed by atoms with Crippen molar-refractivity contribution in [3.8, 4) is 5.75 Å². The third-order valence-corrected chi connectivity index (χ3v) is 4.37. The van der Waals surface area contributed by atoms with Gasteiger partial charge < -0.3 is 10.1 Å². The molecule has 1 atom stereocenters. The molecule has 0 aliphatic carbocycles. The van der Waals surface area contributed by atoms with Gasteiger partial charge in [0.1, 0.15) is 11.3 Å². The van der Waals surface area contributed by atoms with Crippen LogP contribution in [-0.4, -0.2) is 48.0 Å². The Morgan fingerprint density at radius 2 is 2.21 bits per heavy atom. The molecule has 1 amide bonds. The molecule has 1 aliphatic heterocycles. The smallest absolute Gasteiger partial charge is 0.282 e. The number of carbonyl (C=O) groups excluding carboxylic acids is 1. The van der Waals surface area contributed by atoms with Gasteiger partial charge in [-0.05, 0) is 45.0 Å². The van der Waals surface area contributed by atoms with Crippen LogP contribution in [0.1, 0.15) is 43.5 Å². The Kier molecular flexibility index (Phi) is 6.54. The molecule has 1 aromatic carbocycles. The molecule has 1 fully saturated rings. The Morgan fingerprint density at radius 3 is 2.88 bits per heavy atom. The van der Waals surface area contributed by atoms with Crippen molar-refractivity contribution in [1.29, 1.82) is 0 Å². The quantitative estimate of drug-likeness (QED) is 0.611. The molecule has 1 saturated heterocycles. The van der Waals surface area contributed by atoms with E-state index in [0.29, 0.717) is 24.9 Å². The SMILES string of the molecule is CCOc1ccc([N+](=O)[O-])c(C(=O)NC[C@H]2CCCCN2CC)c1. The van der Waals surface area contributed by atoms with Crippen molar-refractivity contribution in [2.45, 2.75) is 39.2 Å². The fourth-order valence-electron chi connectivity index (χ4n) is 3.13. The molecule has 1 aliphatic rings. The van der Waals surface area contributed by atoms with E-state index in [0.717, 1.165) is 25.9 Å². The summed E-state index contributed by atoms with van der Waals surface area (Å²) in [6, 6.07) is 4.56. The number of nitro benzene ring substituents is 1. The van der Waals surface area contributed by atoms with Crippen molar-refractivity contribution in [2.24, 2.45) is 0 Å². The molecule has 7 nitrogen and oxygen atoms in total. The molecule has 1 N–H and O–H groups in total. The monoisotopic (exact) mass is 335 g/mol. The average molecular weight is 335 g/mol. The van der Waals surface area contributed by atoms with Crippen LogP contribution in [-0.2, 0) is 0 Å². The van der Waals surface area contributed by atoms with Gasteiger partial charge in [0.2, 0.25) is 0 Å². The van der Waals surface area contributed by atoms with Gasteiger partial charge in [-0.1, -0.05) is 13.3 Å². The lowest BCUT2D eigenvalue weighted by Crippen LogP contribution is -2.46. The van der Waals surface area contributed by atoms with E-state index in [1.54, 1.807) is 0 Å². The van der Waals surface area contributed by atoms with E-state index in [1.807, 2.05) is 6.92 Å². The molecule has 1 heterocycles. The van der Waals surface area contributed by atoms with Crippen LogP contribution in [0, 0.1) is 10.1 Å². The lowest BCUT2D eigenvalue weighted by molar-refractivity contribution is -0.385. The molecular weight excluding hydrogens is 310 g/mol. The highest BCUT2D eigenvalue weighted by Crippen LogP contribution is 2.24. The van der Waals surface area contributed by atoms with E-state index < -0.39 is 10.8 Å². The van der Waals surface area contributed by atoms with Gasteiger partial charge in [0, 0.05) is 18.7 Å². The highest BCUT2D eigenvalue weighted by Gasteiger charge is 2.24. The van der Waals surface area contributed by atoms with Crippen molar-refractivity contribution >= 4 is 11.6 Å². The molecule has 0 spiro atoms. The first-order chi connectivity index (χ1) is 11.6. The fraction of sp³-hybridized carbons (Fsp3) is 0.588. The summed E-state index contributed by atoms with van der Waals surface area (Å²) >= 11 is 0. The zero-order valence-corrected chi connectivity index (χ0v) is 14.3. The predicted molar refractivity (Wildman–Crippen MR) is 91.5 cm³/mol. The summed E-state index contributed by atoms with van der Waals surface area (Å²) in [6.45, 7) is 6.85. The highest BCUT2D eigenvalue weighted by molar-refractivity contribution is 5.98. The average Bonchev–Trinajstić information content (AvgIpc) is 2.59. The number of benzene rings is 1. The van der Waals surface area contributed by atoms with Gasteiger partial charge in [0.25, 0.3) is 11.6 Å². The normalized spacial score (nSPS) is 18.2. The van der Waals surface area contributed by atoms with Crippen LogP contribution in [0.4, 0.5) is 5.69 Å². The van der Waals surface area contributed by atoms with Crippen LogP contribution in [0.25, 0.3) is 0 Å². The van der Waals surface area contributed by atoms with Gasteiger partial charge in [-0.15, -0.1) is 0 Å². The van der Waals surface area contributed by atoms with Crippen molar-refractivity contribution in [2.75, 3.05) is 26.2 Å². The van der Waals surface area contributed by atoms with E-state index in [4.69, 9.17) is 4.74 Å². The molecule has 24 heavy (non-hydrogen) atoms. The first-order valence-corrected chi connectivity index (χ1v) is 8.50. The van der Waals surface area contributed by atoms with Crippen LogP contribution in [0.3, 0.4) is 0 Å². The molecule has 2 rings (SSSR count). The first-order valence-electron chi connectivity index (χ1n) is 8.50. The van der Waals surface area contributed by atoms with E-state index in [2.05, 4.69) is 17.1 Å². The number of carbonyl (C=O) groups is 1. The van der Waals surface area contributed by atoms with Gasteiger partial charge in [0.15, 0.2) is 0 Å². The third-order valence-electron chi connectivity index (χ3n) is 4.37. The maximum Gasteiger partial charge on any atom is 0.282 e. The van der Waals surface area contributed by atoms with E-state index in [9.17, 15) is 14.9 Å². The number of ether oxygens (including phenoxy) is 1. The van der Waals surface area contributed by atoms with Gasteiger partial charge in [0.05, 0.1) is 11.5 Å². The maximum atomic E-state index is 12.5. The fourth-order valence-corrected chi connectivity index (χ4v) is 3.13. The number of nitro groups is 1. The third kappa shape index (κ3) is 4.44. The van der Waals surface area contributed by atoms with E-state index >= 15 is 0 Å². The van der Waals surface area contributed by atoms with Crippen LogP contribution < -0.4 is 10.1 Å². The summed E-state index contributed by atoms with van der Waals surface area (Å²) in [5, 5.41) is 14.0. The molecule has 132 valence electrons. The van der Waals surface area contributed by atoms with E-state index in [-0.39, 0.29) is 11.3 Å². The van der Waals surface area contributed by atoms with Crippen LogP contribution in [0.5, 0.6) is 5.75 Å². The summed E-state index contributed by atoms with van der Waals surface area (Å²) in [5.74, 6) is 0.0333. The highest BCUT2D eigenvalue weighted by atomic mass is 16.6. The number of hydrogen-bond donors (Lipinski definition) is 1. The Labute approximate surface area is 142 Å². The van der Waals surface area contributed by atoms with E-state index in [1.165, 1.54) is 24.6 Å². The standard InChI is InChI=1S/C17H25N3O4/c1-3-19-10-6-5-7-13(19)12-18-17(21)15-11-14(24-4-2)8-9-16(15)20(22)23/h8-9,11,13H,3-7,10,12H2,1-2H3,(H,18,21)/t13-/m1/s1. The van der Waals surface area contributed by atoms with Crippen LogP contribution >= 0.6 is 0 Å². The Bertz CT molecular complexity index is 591. The Morgan fingerprint density at radius 1 is 1.42 bits per heavy atom. The minimum absolute atomic E-state index is 0.0461. The molecule has 0 radical (unpaired) electrons. The lowest BCUT2D eigenvalue weighted by atomic mass is 10.0. The molecule has 0 saturated carbocycles. The molecule has 0 aromatic heterocycles. The van der Waals surface area contributed by atoms with Crippen molar-refractivity contribution in [3.63, 3.8) is 0 Å². The van der Waals surface area contributed by atoms with Crippen LogP contribution in [0.15, 0.2) is 18.2 Å². The summed E-state index contributed by atoms with van der Waals surface area (Å²) in [4.78, 5) is 25.5. The molecular formula is C17H25N3O4. The minimum Gasteiger partial charge on any atom is -0.494 e. The molecule has 0 bridgehead atoms. The Hall–Kier alpha value is -2.15. The maximum absolute atomic E-state index is 12.5. The largest absolute Gasteiger partial charge is 0.494 e. The number of likely N-dealkylation sites (N-methyl/N-ethyl adjacent to an activating group) is 1. The lowest BCUT2D eigenvalue weighted by Gasteiger charge is -2.34. The predicted octanol–water partition coefficient (Wildman–Crippen LogP) is 2.60. The molecule has 1 aromatic rings. The number of likely N-dealkylation sites (tertiary alicyclic amines) is 1. The number of hydrogen-bond acceptors (Lipinski definition) is 5. The first kappa shape index (κ1) is 18.2. The van der Waals surface area contributed by atoms with Gasteiger partial charge in [-0.25, -0.2) is 0 Å². The topological polar surface area (TPSA) is 84.7 Å².